The maximum Gasteiger partial charge on any atom is 0.211 e. The van der Waals surface area contributed by atoms with Crippen molar-refractivity contribution in [1.29, 1.82) is 0 Å². The van der Waals surface area contributed by atoms with E-state index in [4.69, 9.17) is 5.73 Å². The first-order valence-corrected chi connectivity index (χ1v) is 4.68. The van der Waals surface area contributed by atoms with Crippen LogP contribution in [0.5, 0.6) is 0 Å². The van der Waals surface area contributed by atoms with Crippen LogP contribution in [0.25, 0.3) is 11.4 Å². The third-order valence-electron chi connectivity index (χ3n) is 2.04. The first-order chi connectivity index (χ1) is 7.79. The quantitative estimate of drug-likeness (QED) is 0.754. The normalized spacial score (nSPS) is 9.75. The third kappa shape index (κ3) is 2.14. The molecule has 80 valence electrons. The van der Waals surface area contributed by atoms with Gasteiger partial charge in [0.25, 0.3) is 0 Å². The lowest BCUT2D eigenvalue weighted by atomic mass is 10.2. The molecule has 0 bridgehead atoms. The van der Waals surface area contributed by atoms with Gasteiger partial charge in [-0.3, -0.25) is 4.79 Å². The number of amides is 1. The number of nitrogen functional groups attached to an aromatic ring is 1. The van der Waals surface area contributed by atoms with Gasteiger partial charge in [-0.1, -0.05) is 0 Å². The molecule has 0 aliphatic heterocycles. The van der Waals surface area contributed by atoms with Gasteiger partial charge in [0.05, 0.1) is 18.1 Å². The number of hydrogen-bond acceptors (Lipinski definition) is 4. The third-order valence-corrected chi connectivity index (χ3v) is 2.04. The first-order valence-electron chi connectivity index (χ1n) is 4.68. The summed E-state index contributed by atoms with van der Waals surface area (Å²) in [6.07, 6.45) is 3.74. The molecular formula is C11H10N4O. The molecule has 1 amide bonds. The highest BCUT2D eigenvalue weighted by atomic mass is 16.1. The van der Waals surface area contributed by atoms with E-state index < -0.39 is 0 Å². The summed E-state index contributed by atoms with van der Waals surface area (Å²) in [7, 11) is 0. The average molecular weight is 214 g/mol. The Hall–Kier alpha value is -2.43. The summed E-state index contributed by atoms with van der Waals surface area (Å²) in [6.45, 7) is 0. The maximum atomic E-state index is 10.2. The lowest BCUT2D eigenvalue weighted by molar-refractivity contribution is -0.105. The molecule has 5 nitrogen and oxygen atoms in total. The molecule has 2 aromatic rings. The highest BCUT2D eigenvalue weighted by molar-refractivity contribution is 5.72. The van der Waals surface area contributed by atoms with E-state index in [0.717, 1.165) is 11.3 Å². The van der Waals surface area contributed by atoms with Crippen molar-refractivity contribution in [3.63, 3.8) is 0 Å². The number of benzene rings is 1. The summed E-state index contributed by atoms with van der Waals surface area (Å²) < 4.78 is 0. The van der Waals surface area contributed by atoms with Crippen molar-refractivity contribution >= 4 is 17.8 Å². The predicted octanol–water partition coefficient (Wildman–Crippen LogP) is 1.29. The van der Waals surface area contributed by atoms with Crippen LogP contribution < -0.4 is 11.1 Å². The van der Waals surface area contributed by atoms with Gasteiger partial charge in [-0.05, 0) is 24.3 Å². The molecule has 1 aromatic heterocycles. The molecule has 1 heterocycles. The average Bonchev–Trinajstić information content (AvgIpc) is 2.32. The van der Waals surface area contributed by atoms with E-state index >= 15 is 0 Å². The van der Waals surface area contributed by atoms with Crippen molar-refractivity contribution in [3.05, 3.63) is 36.7 Å². The van der Waals surface area contributed by atoms with E-state index in [-0.39, 0.29) is 0 Å². The molecule has 1 aromatic carbocycles. The molecule has 0 unspecified atom stereocenters. The van der Waals surface area contributed by atoms with Crippen LogP contribution in [0, 0.1) is 0 Å². The van der Waals surface area contributed by atoms with Crippen LogP contribution in [-0.4, -0.2) is 16.4 Å². The van der Waals surface area contributed by atoms with Crippen molar-refractivity contribution < 1.29 is 4.79 Å². The maximum absolute atomic E-state index is 10.2. The number of nitrogens with two attached hydrogens (primary N) is 1. The van der Waals surface area contributed by atoms with E-state index in [2.05, 4.69) is 15.3 Å². The number of carbonyl (C=O) groups is 1. The summed E-state index contributed by atoms with van der Waals surface area (Å²) in [5.41, 5.74) is 7.63. The molecule has 0 aliphatic carbocycles. The van der Waals surface area contributed by atoms with Gasteiger partial charge in [0.15, 0.2) is 5.82 Å². The van der Waals surface area contributed by atoms with Crippen molar-refractivity contribution in [2.75, 3.05) is 11.1 Å². The summed E-state index contributed by atoms with van der Waals surface area (Å²) in [6, 6.07) is 7.22. The highest BCUT2D eigenvalue weighted by Gasteiger charge is 2.00. The standard InChI is InChI=1S/C11H10N4O/c12-9-5-13-11(14-6-9)8-1-3-10(4-2-8)15-7-16/h1-7H,12H2,(H,15,16). The summed E-state index contributed by atoms with van der Waals surface area (Å²) in [5, 5.41) is 2.55. The van der Waals surface area contributed by atoms with Crippen LogP contribution >= 0.6 is 0 Å². The number of hydrogen-bond donors (Lipinski definition) is 2. The van der Waals surface area contributed by atoms with Crippen molar-refractivity contribution in [2.24, 2.45) is 0 Å². The SMILES string of the molecule is Nc1cnc(-c2ccc(NC=O)cc2)nc1. The van der Waals surface area contributed by atoms with Crippen LogP contribution in [0.15, 0.2) is 36.7 Å². The molecule has 3 N–H and O–H groups in total. The zero-order chi connectivity index (χ0) is 11.4. The van der Waals surface area contributed by atoms with E-state index in [1.807, 2.05) is 12.1 Å². The van der Waals surface area contributed by atoms with E-state index in [1.54, 1.807) is 24.5 Å². The minimum atomic E-state index is 0.531. The fourth-order valence-electron chi connectivity index (χ4n) is 1.27. The smallest absolute Gasteiger partial charge is 0.211 e. The molecule has 0 atom stereocenters. The van der Waals surface area contributed by atoms with Gasteiger partial charge in [-0.15, -0.1) is 0 Å². The Kier molecular flexibility index (Phi) is 2.77. The molecule has 5 heteroatoms. The largest absolute Gasteiger partial charge is 0.396 e. The van der Waals surface area contributed by atoms with Gasteiger partial charge in [0.1, 0.15) is 0 Å². The minimum absolute atomic E-state index is 0.531. The van der Waals surface area contributed by atoms with Gasteiger partial charge in [-0.25, -0.2) is 9.97 Å². The van der Waals surface area contributed by atoms with E-state index in [9.17, 15) is 4.79 Å². The fourth-order valence-corrected chi connectivity index (χ4v) is 1.27. The van der Waals surface area contributed by atoms with Gasteiger partial charge in [0.2, 0.25) is 6.41 Å². The van der Waals surface area contributed by atoms with Crippen molar-refractivity contribution in [2.45, 2.75) is 0 Å². The van der Waals surface area contributed by atoms with Gasteiger partial charge >= 0.3 is 0 Å². The van der Waals surface area contributed by atoms with Crippen molar-refractivity contribution in [3.8, 4) is 11.4 Å². The van der Waals surface area contributed by atoms with Crippen LogP contribution in [-0.2, 0) is 4.79 Å². The molecular weight excluding hydrogens is 204 g/mol. The van der Waals surface area contributed by atoms with Crippen molar-refractivity contribution in [1.82, 2.24) is 9.97 Å². The lowest BCUT2D eigenvalue weighted by Gasteiger charge is -2.02. The number of nitrogens with one attached hydrogen (secondary N) is 1. The molecule has 16 heavy (non-hydrogen) atoms. The minimum Gasteiger partial charge on any atom is -0.396 e. The molecule has 0 fully saturated rings. The van der Waals surface area contributed by atoms with Crippen LogP contribution in [0.4, 0.5) is 11.4 Å². The monoisotopic (exact) mass is 214 g/mol. The van der Waals surface area contributed by atoms with Gasteiger partial charge in [-0.2, -0.15) is 0 Å². The number of anilines is 2. The van der Waals surface area contributed by atoms with Crippen LogP contribution in [0.2, 0.25) is 0 Å². The Bertz CT molecular complexity index is 478. The zero-order valence-electron chi connectivity index (χ0n) is 8.42. The molecule has 0 saturated heterocycles. The second-order valence-electron chi connectivity index (χ2n) is 3.18. The first kappa shape index (κ1) is 10.1. The molecule has 0 spiro atoms. The molecule has 0 aliphatic rings. The zero-order valence-corrected chi connectivity index (χ0v) is 8.42. The number of aromatic nitrogens is 2. The summed E-state index contributed by atoms with van der Waals surface area (Å²) >= 11 is 0. The Balaban J connectivity index is 2.27. The Morgan fingerprint density at radius 1 is 1.12 bits per heavy atom. The lowest BCUT2D eigenvalue weighted by Crippen LogP contribution is -1.94. The molecule has 0 radical (unpaired) electrons. The van der Waals surface area contributed by atoms with Crippen LogP contribution in [0.1, 0.15) is 0 Å². The number of carbonyl (C=O) groups excluding carboxylic acids is 1. The fraction of sp³-hybridized carbons (Fsp3) is 0. The second-order valence-corrected chi connectivity index (χ2v) is 3.18. The highest BCUT2D eigenvalue weighted by Crippen LogP contribution is 2.17. The Labute approximate surface area is 92.3 Å². The summed E-state index contributed by atoms with van der Waals surface area (Å²) in [4.78, 5) is 18.4. The molecule has 2 rings (SSSR count). The van der Waals surface area contributed by atoms with Gasteiger partial charge in [0, 0.05) is 11.3 Å². The predicted molar refractivity (Wildman–Crippen MR) is 61.6 cm³/mol. The second kappa shape index (κ2) is 4.39. The summed E-state index contributed by atoms with van der Waals surface area (Å²) in [5.74, 6) is 0.604. The van der Waals surface area contributed by atoms with E-state index in [0.29, 0.717) is 17.9 Å². The molecule has 0 saturated carbocycles. The Morgan fingerprint density at radius 3 is 2.31 bits per heavy atom. The Morgan fingerprint density at radius 2 is 1.75 bits per heavy atom. The number of rotatable bonds is 3. The van der Waals surface area contributed by atoms with E-state index in [1.165, 1.54) is 0 Å². The van der Waals surface area contributed by atoms with Gasteiger partial charge < -0.3 is 11.1 Å². The number of nitrogens with zero attached hydrogens (tertiary/aromatic N) is 2. The van der Waals surface area contributed by atoms with Crippen LogP contribution in [0.3, 0.4) is 0 Å². The topological polar surface area (TPSA) is 80.9 Å².